The Morgan fingerprint density at radius 3 is 2.34 bits per heavy atom. The topological polar surface area (TPSA) is 62.2 Å². The smallest absolute Gasteiger partial charge is 0.367 e. The molecule has 1 amide bonds. The number of carbonyl (C=O) groups excluding carboxylic acids is 1. The summed E-state index contributed by atoms with van der Waals surface area (Å²) in [5.74, 6) is -4.54. The molecule has 15 heteroatoms. The monoisotopic (exact) mass is 609 g/mol. The first-order valence-corrected chi connectivity index (χ1v) is 13.1. The number of aromatic nitrogens is 2. The van der Waals surface area contributed by atoms with Crippen LogP contribution in [-0.2, 0) is 18.4 Å². The molecule has 41 heavy (non-hydrogen) atoms. The summed E-state index contributed by atoms with van der Waals surface area (Å²) in [6, 6.07) is 5.44. The molecule has 1 aromatic heterocycles. The van der Waals surface area contributed by atoms with E-state index in [2.05, 4.69) is 15.6 Å². The Bertz CT molecular complexity index is 1490. The zero-order valence-corrected chi connectivity index (χ0v) is 22.2. The molecule has 2 heterocycles. The summed E-state index contributed by atoms with van der Waals surface area (Å²) in [4.78, 5) is 17.7. The van der Waals surface area contributed by atoms with Crippen LogP contribution in [0.2, 0.25) is 5.02 Å². The molecule has 2 aromatic carbocycles. The Morgan fingerprint density at radius 2 is 1.76 bits per heavy atom. The van der Waals surface area contributed by atoms with Crippen molar-refractivity contribution in [2.45, 2.75) is 44.6 Å². The summed E-state index contributed by atoms with van der Waals surface area (Å²) in [7, 11) is 1.45. The van der Waals surface area contributed by atoms with Crippen molar-refractivity contribution >= 4 is 45.9 Å². The van der Waals surface area contributed by atoms with Crippen molar-refractivity contribution in [3.8, 4) is 0 Å². The first kappa shape index (κ1) is 29.2. The van der Waals surface area contributed by atoms with Crippen molar-refractivity contribution in [1.29, 1.82) is 0 Å². The SMILES string of the molecule is Cn1c(Nc2cc(CNC(=O)C3(C(F)(F)F)CC3)ccc2Cl)nc2cc(F)c(N3CCC(C(F)(F)F)CC3)c(F)c21. The highest BCUT2D eigenvalue weighted by molar-refractivity contribution is 6.33. The molecule has 1 aliphatic heterocycles. The number of carbonyl (C=O) groups is 1. The van der Waals surface area contributed by atoms with Gasteiger partial charge in [0.25, 0.3) is 0 Å². The van der Waals surface area contributed by atoms with Gasteiger partial charge in [-0.1, -0.05) is 17.7 Å². The van der Waals surface area contributed by atoms with E-state index in [4.69, 9.17) is 11.6 Å². The van der Waals surface area contributed by atoms with Gasteiger partial charge in [-0.3, -0.25) is 4.79 Å². The molecule has 6 nitrogen and oxygen atoms in total. The fourth-order valence-corrected chi connectivity index (χ4v) is 5.30. The molecule has 0 unspecified atom stereocenters. The second kappa shape index (κ2) is 10.2. The number of rotatable bonds is 6. The molecule has 0 radical (unpaired) electrons. The lowest BCUT2D eigenvalue weighted by molar-refractivity contribution is -0.192. The first-order valence-electron chi connectivity index (χ1n) is 12.7. The van der Waals surface area contributed by atoms with Crippen LogP contribution >= 0.6 is 11.6 Å². The van der Waals surface area contributed by atoms with Crippen molar-refractivity contribution in [3.05, 3.63) is 46.5 Å². The summed E-state index contributed by atoms with van der Waals surface area (Å²) < 4.78 is 111. The fourth-order valence-electron chi connectivity index (χ4n) is 5.13. The molecule has 1 saturated heterocycles. The van der Waals surface area contributed by atoms with Crippen molar-refractivity contribution in [2.75, 3.05) is 23.3 Å². The van der Waals surface area contributed by atoms with Crippen LogP contribution in [0.1, 0.15) is 31.2 Å². The standard InChI is InChI=1S/C26H24ClF8N5O/c1-39-21-18(11-16(28)20(19(21)29)40-8-4-14(5-9-40)25(30,31)32)38-23(39)37-17-10-13(2-3-15(17)27)12-36-22(41)24(6-7-24)26(33,34)35/h2-3,10-11,14H,4-9,12H2,1H3,(H,36,41)(H,37,38). The van der Waals surface area contributed by atoms with Crippen molar-refractivity contribution in [2.24, 2.45) is 18.4 Å². The van der Waals surface area contributed by atoms with Gasteiger partial charge in [-0.15, -0.1) is 0 Å². The molecule has 2 aliphatic rings. The van der Waals surface area contributed by atoms with Crippen molar-refractivity contribution in [1.82, 2.24) is 14.9 Å². The number of aryl methyl sites for hydroxylation is 1. The summed E-state index contributed by atoms with van der Waals surface area (Å²) in [5, 5.41) is 5.38. The van der Waals surface area contributed by atoms with Gasteiger partial charge in [0.2, 0.25) is 11.9 Å². The highest BCUT2D eigenvalue weighted by Gasteiger charge is 2.68. The lowest BCUT2D eigenvalue weighted by atomic mass is 9.96. The third-order valence-corrected chi connectivity index (χ3v) is 8.09. The van der Waals surface area contributed by atoms with Crippen molar-refractivity contribution < 1.29 is 39.9 Å². The number of hydrogen-bond donors (Lipinski definition) is 2. The number of alkyl halides is 6. The number of benzene rings is 2. The maximum atomic E-state index is 15.6. The van der Waals surface area contributed by atoms with Crippen LogP contribution in [0.25, 0.3) is 11.0 Å². The third-order valence-electron chi connectivity index (χ3n) is 7.76. The van der Waals surface area contributed by atoms with Gasteiger partial charge < -0.3 is 20.1 Å². The molecular formula is C26H24ClF8N5O. The molecule has 2 N–H and O–H groups in total. The molecular weight excluding hydrogens is 586 g/mol. The van der Waals surface area contributed by atoms with Crippen molar-refractivity contribution in [3.63, 3.8) is 0 Å². The van der Waals surface area contributed by atoms with E-state index in [1.54, 1.807) is 0 Å². The summed E-state index contributed by atoms with van der Waals surface area (Å²) in [5.41, 5.74) is -2.28. The number of fused-ring (bicyclic) bond motifs is 1. The molecule has 3 aromatic rings. The maximum Gasteiger partial charge on any atom is 0.403 e. The van der Waals surface area contributed by atoms with E-state index >= 15 is 4.39 Å². The van der Waals surface area contributed by atoms with Gasteiger partial charge in [-0.2, -0.15) is 26.3 Å². The van der Waals surface area contributed by atoms with Crippen LogP contribution in [0.4, 0.5) is 52.4 Å². The highest BCUT2D eigenvalue weighted by atomic mass is 35.5. The van der Waals surface area contributed by atoms with Gasteiger partial charge in [-0.05, 0) is 43.4 Å². The van der Waals surface area contributed by atoms with Crippen LogP contribution < -0.4 is 15.5 Å². The Hall–Kier alpha value is -3.29. The lowest BCUT2D eigenvalue weighted by Crippen LogP contribution is -2.40. The predicted octanol–water partition coefficient (Wildman–Crippen LogP) is 6.99. The molecule has 0 atom stereocenters. The molecule has 1 saturated carbocycles. The number of imidazole rings is 1. The number of amides is 1. The summed E-state index contributed by atoms with van der Waals surface area (Å²) in [6.45, 7) is -0.551. The summed E-state index contributed by atoms with van der Waals surface area (Å²) in [6.07, 6.45) is -10.1. The van der Waals surface area contributed by atoms with Gasteiger partial charge in [0, 0.05) is 32.7 Å². The molecule has 0 bridgehead atoms. The van der Waals surface area contributed by atoms with E-state index < -0.39 is 46.9 Å². The number of nitrogens with zero attached hydrogens (tertiary/aromatic N) is 3. The largest absolute Gasteiger partial charge is 0.403 e. The molecule has 222 valence electrons. The molecule has 5 rings (SSSR count). The Balaban J connectivity index is 1.36. The van der Waals surface area contributed by atoms with E-state index in [-0.39, 0.29) is 73.0 Å². The normalized spacial score (nSPS) is 17.7. The van der Waals surface area contributed by atoms with E-state index in [0.29, 0.717) is 5.56 Å². The van der Waals surface area contributed by atoms with Gasteiger partial charge >= 0.3 is 12.4 Å². The second-order valence-electron chi connectivity index (χ2n) is 10.4. The quantitative estimate of drug-likeness (QED) is 0.296. The zero-order chi connectivity index (χ0) is 29.9. The van der Waals surface area contributed by atoms with Gasteiger partial charge in [0.1, 0.15) is 16.6 Å². The van der Waals surface area contributed by atoms with Crippen LogP contribution in [0.15, 0.2) is 24.3 Å². The zero-order valence-electron chi connectivity index (χ0n) is 21.5. The highest BCUT2D eigenvalue weighted by Crippen LogP contribution is 2.57. The average molecular weight is 610 g/mol. The number of nitrogens with one attached hydrogen (secondary N) is 2. The Morgan fingerprint density at radius 1 is 1.10 bits per heavy atom. The fraction of sp³-hybridized carbons (Fsp3) is 0.462. The van der Waals surface area contributed by atoms with Crippen LogP contribution in [0.5, 0.6) is 0 Å². The number of piperidine rings is 1. The first-order chi connectivity index (χ1) is 19.1. The second-order valence-corrected chi connectivity index (χ2v) is 10.8. The van der Waals surface area contributed by atoms with E-state index in [0.717, 1.165) is 6.07 Å². The Labute approximate surface area is 233 Å². The van der Waals surface area contributed by atoms with Gasteiger partial charge in [0.15, 0.2) is 11.6 Å². The average Bonchev–Trinajstić information content (AvgIpc) is 3.65. The number of hydrogen-bond acceptors (Lipinski definition) is 4. The molecule has 0 spiro atoms. The molecule has 1 aliphatic carbocycles. The van der Waals surface area contributed by atoms with E-state index in [1.165, 1.54) is 34.7 Å². The minimum Gasteiger partial charge on any atom is -0.367 e. The van der Waals surface area contributed by atoms with Crippen LogP contribution in [0.3, 0.4) is 0 Å². The third kappa shape index (κ3) is 5.38. The van der Waals surface area contributed by atoms with Crippen LogP contribution in [0, 0.1) is 23.0 Å². The van der Waals surface area contributed by atoms with E-state index in [9.17, 15) is 35.5 Å². The number of anilines is 3. The minimum atomic E-state index is -4.64. The Kier molecular flexibility index (Phi) is 7.27. The predicted molar refractivity (Wildman–Crippen MR) is 136 cm³/mol. The maximum absolute atomic E-state index is 15.6. The summed E-state index contributed by atoms with van der Waals surface area (Å²) >= 11 is 6.27. The van der Waals surface area contributed by atoms with Gasteiger partial charge in [-0.25, -0.2) is 13.8 Å². The number of halogens is 9. The minimum absolute atomic E-state index is 0.0447. The molecule has 2 fully saturated rings. The van der Waals surface area contributed by atoms with Gasteiger partial charge in [0.05, 0.1) is 22.1 Å². The van der Waals surface area contributed by atoms with Crippen LogP contribution in [-0.4, -0.2) is 40.9 Å². The van der Waals surface area contributed by atoms with E-state index in [1.807, 2.05) is 0 Å². The lowest BCUT2D eigenvalue weighted by Gasteiger charge is -2.34.